The molecule has 0 atom stereocenters. The van der Waals surface area contributed by atoms with Gasteiger partial charge in [-0.15, -0.1) is 0 Å². The quantitative estimate of drug-likeness (QED) is 0.387. The molecule has 2 heterocycles. The van der Waals surface area contributed by atoms with Gasteiger partial charge in [0.25, 0.3) is 5.91 Å². The molecular formula is C28H30F3N3O3. The average molecular weight is 514 g/mol. The molecule has 196 valence electrons. The zero-order chi connectivity index (χ0) is 26.4. The van der Waals surface area contributed by atoms with Crippen molar-refractivity contribution in [2.24, 2.45) is 0 Å². The summed E-state index contributed by atoms with van der Waals surface area (Å²) in [6.45, 7) is 3.25. The van der Waals surface area contributed by atoms with Crippen LogP contribution in [0.15, 0.2) is 59.2 Å². The highest BCUT2D eigenvalue weighted by Gasteiger charge is 2.30. The molecule has 1 aromatic heterocycles. The highest BCUT2D eigenvalue weighted by Crippen LogP contribution is 2.30. The smallest absolute Gasteiger partial charge is 0.416 e. The summed E-state index contributed by atoms with van der Waals surface area (Å²) in [7, 11) is 0. The zero-order valence-electron chi connectivity index (χ0n) is 20.7. The van der Waals surface area contributed by atoms with Crippen molar-refractivity contribution in [2.45, 2.75) is 57.5 Å². The van der Waals surface area contributed by atoms with Crippen LogP contribution in [0, 0.1) is 0 Å². The van der Waals surface area contributed by atoms with Crippen LogP contribution in [0.2, 0.25) is 0 Å². The van der Waals surface area contributed by atoms with Gasteiger partial charge < -0.3 is 14.6 Å². The van der Waals surface area contributed by atoms with Crippen molar-refractivity contribution in [3.05, 3.63) is 83.1 Å². The van der Waals surface area contributed by atoms with Crippen molar-refractivity contribution < 1.29 is 27.2 Å². The number of amides is 2. The van der Waals surface area contributed by atoms with E-state index in [9.17, 15) is 22.8 Å². The second-order valence-corrected chi connectivity index (χ2v) is 9.26. The summed E-state index contributed by atoms with van der Waals surface area (Å²) in [6, 6.07) is 12.9. The molecule has 1 fully saturated rings. The van der Waals surface area contributed by atoms with Gasteiger partial charge in [0.1, 0.15) is 6.26 Å². The lowest BCUT2D eigenvalue weighted by atomic mass is 9.89. The predicted molar refractivity (Wildman–Crippen MR) is 133 cm³/mol. The van der Waals surface area contributed by atoms with E-state index in [4.69, 9.17) is 4.42 Å². The fourth-order valence-electron chi connectivity index (χ4n) is 4.54. The molecule has 2 aromatic carbocycles. The Hall–Kier alpha value is -3.62. The fraction of sp³-hybridized carbons (Fsp3) is 0.393. The van der Waals surface area contributed by atoms with E-state index in [2.05, 4.69) is 10.3 Å². The molecule has 9 heteroatoms. The number of nitrogens with zero attached hydrogens (tertiary/aromatic N) is 2. The number of benzene rings is 2. The van der Waals surface area contributed by atoms with Crippen molar-refractivity contribution in [2.75, 3.05) is 18.4 Å². The summed E-state index contributed by atoms with van der Waals surface area (Å²) in [5, 5.41) is 2.82. The number of carbonyl (C=O) groups excluding carboxylic acids is 2. The second kappa shape index (κ2) is 11.6. The lowest BCUT2D eigenvalue weighted by Gasteiger charge is -2.32. The largest absolute Gasteiger partial charge is 0.448 e. The average Bonchev–Trinajstić information content (AvgIpc) is 3.39. The number of hydrogen-bond acceptors (Lipinski definition) is 4. The number of oxazole rings is 1. The molecule has 1 aliphatic heterocycles. The van der Waals surface area contributed by atoms with Crippen molar-refractivity contribution in [1.29, 1.82) is 0 Å². The Morgan fingerprint density at radius 2 is 1.73 bits per heavy atom. The Morgan fingerprint density at radius 1 is 1.05 bits per heavy atom. The Labute approximate surface area is 213 Å². The summed E-state index contributed by atoms with van der Waals surface area (Å²) in [4.78, 5) is 31.0. The highest BCUT2D eigenvalue weighted by molar-refractivity contribution is 6.02. The van der Waals surface area contributed by atoms with Crippen molar-refractivity contribution in [1.82, 2.24) is 9.88 Å². The molecule has 37 heavy (non-hydrogen) atoms. The second-order valence-electron chi connectivity index (χ2n) is 9.26. The number of likely N-dealkylation sites (tertiary alicyclic amines) is 1. The molecule has 0 bridgehead atoms. The lowest BCUT2D eigenvalue weighted by molar-refractivity contribution is -0.137. The first-order valence-electron chi connectivity index (χ1n) is 12.5. The third kappa shape index (κ3) is 6.99. The summed E-state index contributed by atoms with van der Waals surface area (Å²) in [6.07, 6.45) is 0.901. The predicted octanol–water partition coefficient (Wildman–Crippen LogP) is 6.24. The summed E-state index contributed by atoms with van der Waals surface area (Å²) in [5.74, 6) is 0.622. The topological polar surface area (TPSA) is 75.4 Å². The normalized spacial score (nSPS) is 14.5. The van der Waals surface area contributed by atoms with Crippen LogP contribution < -0.4 is 5.32 Å². The molecule has 0 spiro atoms. The molecule has 1 saturated heterocycles. The molecule has 0 unspecified atom stereocenters. The van der Waals surface area contributed by atoms with Gasteiger partial charge >= 0.3 is 6.18 Å². The van der Waals surface area contributed by atoms with Gasteiger partial charge in [0, 0.05) is 31.6 Å². The van der Waals surface area contributed by atoms with E-state index >= 15 is 0 Å². The maximum atomic E-state index is 12.7. The van der Waals surface area contributed by atoms with Crippen LogP contribution in [0.5, 0.6) is 0 Å². The monoisotopic (exact) mass is 513 g/mol. The molecule has 1 N–H and O–H groups in total. The third-order valence-corrected chi connectivity index (χ3v) is 6.71. The van der Waals surface area contributed by atoms with E-state index in [0.717, 1.165) is 30.5 Å². The first-order chi connectivity index (χ1) is 17.7. The minimum Gasteiger partial charge on any atom is -0.448 e. The molecular weight excluding hydrogens is 483 g/mol. The standard InChI is InChI=1S/C28H30F3N3O3/c1-2-25-33-24(18-37-25)27(36)32-23-12-8-20(9-13-23)21-14-16-34(17-15-21)26(35)5-3-4-19-6-10-22(11-7-19)28(29,30)31/h6-13,18,21H,2-5,14-17H2,1H3,(H,32,36). The first-order valence-corrected chi connectivity index (χ1v) is 12.5. The van der Waals surface area contributed by atoms with Crippen molar-refractivity contribution >= 4 is 17.5 Å². The van der Waals surface area contributed by atoms with Gasteiger partial charge in [-0.25, -0.2) is 4.98 Å². The number of carbonyl (C=O) groups is 2. The number of aryl methyl sites for hydroxylation is 2. The van der Waals surface area contributed by atoms with E-state index in [1.165, 1.54) is 24.0 Å². The van der Waals surface area contributed by atoms with Gasteiger partial charge in [-0.3, -0.25) is 9.59 Å². The third-order valence-electron chi connectivity index (χ3n) is 6.71. The van der Waals surface area contributed by atoms with Crippen LogP contribution in [-0.4, -0.2) is 34.8 Å². The number of anilines is 1. The number of piperidine rings is 1. The lowest BCUT2D eigenvalue weighted by Crippen LogP contribution is -2.37. The van der Waals surface area contributed by atoms with E-state index in [1.54, 1.807) is 0 Å². The Bertz CT molecular complexity index is 1200. The number of aromatic nitrogens is 1. The molecule has 4 rings (SSSR count). The molecule has 1 aliphatic rings. The van der Waals surface area contributed by atoms with Gasteiger partial charge in [0.05, 0.1) is 5.56 Å². The highest BCUT2D eigenvalue weighted by atomic mass is 19.4. The van der Waals surface area contributed by atoms with E-state index in [0.29, 0.717) is 56.3 Å². The molecule has 3 aromatic rings. The van der Waals surface area contributed by atoms with Crippen molar-refractivity contribution in [3.63, 3.8) is 0 Å². The Kier molecular flexibility index (Phi) is 8.31. The van der Waals surface area contributed by atoms with Crippen LogP contribution in [-0.2, 0) is 23.8 Å². The maximum absolute atomic E-state index is 12.7. The van der Waals surface area contributed by atoms with E-state index in [-0.39, 0.29) is 17.5 Å². The minimum atomic E-state index is -4.34. The molecule has 0 radical (unpaired) electrons. The number of halogens is 3. The number of hydrogen-bond donors (Lipinski definition) is 1. The van der Waals surface area contributed by atoms with Gasteiger partial charge in [-0.2, -0.15) is 13.2 Å². The minimum absolute atomic E-state index is 0.0857. The first kappa shape index (κ1) is 26.4. The number of rotatable bonds is 8. The van der Waals surface area contributed by atoms with Gasteiger partial charge in [-0.1, -0.05) is 31.2 Å². The molecule has 0 saturated carbocycles. The van der Waals surface area contributed by atoms with Crippen LogP contribution in [0.4, 0.5) is 18.9 Å². The molecule has 2 amide bonds. The van der Waals surface area contributed by atoms with E-state index < -0.39 is 11.7 Å². The number of nitrogens with one attached hydrogen (secondary N) is 1. The van der Waals surface area contributed by atoms with Gasteiger partial charge in [0.15, 0.2) is 11.6 Å². The van der Waals surface area contributed by atoms with E-state index in [1.807, 2.05) is 36.1 Å². The summed E-state index contributed by atoms with van der Waals surface area (Å²) >= 11 is 0. The van der Waals surface area contributed by atoms with Gasteiger partial charge in [0.2, 0.25) is 5.91 Å². The fourth-order valence-corrected chi connectivity index (χ4v) is 4.54. The van der Waals surface area contributed by atoms with Crippen molar-refractivity contribution in [3.8, 4) is 0 Å². The SMILES string of the molecule is CCc1nc(C(=O)Nc2ccc(C3CCN(C(=O)CCCc4ccc(C(F)(F)F)cc4)CC3)cc2)co1. The van der Waals surface area contributed by atoms with Crippen LogP contribution in [0.3, 0.4) is 0 Å². The summed E-state index contributed by atoms with van der Waals surface area (Å²) < 4.78 is 43.3. The Morgan fingerprint density at radius 3 is 2.32 bits per heavy atom. The van der Waals surface area contributed by atoms with Crippen LogP contribution >= 0.6 is 0 Å². The van der Waals surface area contributed by atoms with Crippen LogP contribution in [0.25, 0.3) is 0 Å². The maximum Gasteiger partial charge on any atom is 0.416 e. The molecule has 6 nitrogen and oxygen atoms in total. The van der Waals surface area contributed by atoms with Crippen LogP contribution in [0.1, 0.15) is 71.6 Å². The molecule has 0 aliphatic carbocycles. The van der Waals surface area contributed by atoms with Gasteiger partial charge in [-0.05, 0) is 67.0 Å². The zero-order valence-corrected chi connectivity index (χ0v) is 20.7. The number of alkyl halides is 3. The summed E-state index contributed by atoms with van der Waals surface area (Å²) in [5.41, 5.74) is 2.23. The Balaban J connectivity index is 1.20.